The fraction of sp³-hybridized carbons (Fsp3) is 0.158. The Bertz CT molecular complexity index is 908. The third-order valence-electron chi connectivity index (χ3n) is 3.67. The minimum atomic E-state index is -0.557. The number of nitrogens with zero attached hydrogens (tertiary/aromatic N) is 1. The first-order valence-electron chi connectivity index (χ1n) is 7.68. The molecule has 0 saturated carbocycles. The molecule has 122 valence electrons. The van der Waals surface area contributed by atoms with E-state index in [1.807, 2.05) is 26.0 Å². The van der Waals surface area contributed by atoms with E-state index in [4.69, 9.17) is 10.5 Å². The van der Waals surface area contributed by atoms with Crippen LogP contribution in [0.3, 0.4) is 0 Å². The molecule has 1 aromatic heterocycles. The number of fused-ring (bicyclic) bond motifs is 1. The Balaban J connectivity index is 2.01. The number of para-hydroxylation sites is 1. The second-order valence-corrected chi connectivity index (χ2v) is 5.79. The molecule has 0 saturated heterocycles. The van der Waals surface area contributed by atoms with Crippen molar-refractivity contribution in [2.24, 2.45) is 5.73 Å². The predicted molar refractivity (Wildman–Crippen MR) is 92.4 cm³/mol. The monoisotopic (exact) mass is 322 g/mol. The molecule has 1 heterocycles. The van der Waals surface area contributed by atoms with Gasteiger partial charge in [0.05, 0.1) is 17.2 Å². The molecule has 24 heavy (non-hydrogen) atoms. The van der Waals surface area contributed by atoms with Gasteiger partial charge in [-0.2, -0.15) is 0 Å². The highest BCUT2D eigenvalue weighted by Gasteiger charge is 2.17. The Kier molecular flexibility index (Phi) is 4.08. The molecule has 0 fully saturated rings. The SMILES string of the molecule is CC(C)Oc1ccc(C(=O)n2cc(C(N)=O)c3ccccc32)cc1. The smallest absolute Gasteiger partial charge is 0.262 e. The van der Waals surface area contributed by atoms with E-state index in [0.717, 1.165) is 0 Å². The molecule has 0 bridgehead atoms. The zero-order valence-corrected chi connectivity index (χ0v) is 13.5. The van der Waals surface area contributed by atoms with Crippen molar-refractivity contribution in [2.45, 2.75) is 20.0 Å². The molecule has 1 amide bonds. The van der Waals surface area contributed by atoms with Crippen molar-refractivity contribution in [3.8, 4) is 5.75 Å². The summed E-state index contributed by atoms with van der Waals surface area (Å²) in [7, 11) is 0. The topological polar surface area (TPSA) is 74.3 Å². The third kappa shape index (κ3) is 2.88. The lowest BCUT2D eigenvalue weighted by atomic mass is 10.1. The molecule has 0 unspecified atom stereocenters. The molecule has 0 radical (unpaired) electrons. The molecular weight excluding hydrogens is 304 g/mol. The van der Waals surface area contributed by atoms with Gasteiger partial charge in [0.1, 0.15) is 5.75 Å². The maximum Gasteiger partial charge on any atom is 0.262 e. The lowest BCUT2D eigenvalue weighted by molar-refractivity contribution is 0.0965. The number of hydrogen-bond donors (Lipinski definition) is 1. The largest absolute Gasteiger partial charge is 0.491 e. The number of benzene rings is 2. The average Bonchev–Trinajstić information content (AvgIpc) is 2.94. The number of carbonyl (C=O) groups excluding carboxylic acids is 2. The van der Waals surface area contributed by atoms with E-state index in [0.29, 0.717) is 27.8 Å². The Hall–Kier alpha value is -3.08. The quantitative estimate of drug-likeness (QED) is 0.801. The zero-order chi connectivity index (χ0) is 17.3. The summed E-state index contributed by atoms with van der Waals surface area (Å²) in [5.74, 6) is -0.0787. The zero-order valence-electron chi connectivity index (χ0n) is 13.5. The van der Waals surface area contributed by atoms with Gasteiger partial charge in [0.2, 0.25) is 0 Å². The van der Waals surface area contributed by atoms with Gasteiger partial charge in [0.15, 0.2) is 0 Å². The summed E-state index contributed by atoms with van der Waals surface area (Å²) in [5, 5.41) is 0.665. The van der Waals surface area contributed by atoms with Crippen molar-refractivity contribution < 1.29 is 14.3 Å². The van der Waals surface area contributed by atoms with E-state index in [1.165, 1.54) is 10.8 Å². The van der Waals surface area contributed by atoms with E-state index in [9.17, 15) is 9.59 Å². The molecule has 0 aliphatic rings. The first-order chi connectivity index (χ1) is 11.5. The van der Waals surface area contributed by atoms with Crippen molar-refractivity contribution in [3.05, 3.63) is 65.9 Å². The highest BCUT2D eigenvalue weighted by Crippen LogP contribution is 2.23. The molecule has 3 aromatic rings. The number of primary amides is 1. The van der Waals surface area contributed by atoms with E-state index >= 15 is 0 Å². The van der Waals surface area contributed by atoms with Crippen LogP contribution in [0.5, 0.6) is 5.75 Å². The van der Waals surface area contributed by atoms with Crippen LogP contribution >= 0.6 is 0 Å². The van der Waals surface area contributed by atoms with Crippen molar-refractivity contribution in [1.29, 1.82) is 0 Å². The number of amides is 1. The normalized spacial score (nSPS) is 11.0. The van der Waals surface area contributed by atoms with Crippen LogP contribution in [0.1, 0.15) is 34.6 Å². The average molecular weight is 322 g/mol. The highest BCUT2D eigenvalue weighted by atomic mass is 16.5. The van der Waals surface area contributed by atoms with E-state index < -0.39 is 5.91 Å². The number of hydrogen-bond acceptors (Lipinski definition) is 3. The van der Waals surface area contributed by atoms with E-state index in [-0.39, 0.29) is 12.0 Å². The van der Waals surface area contributed by atoms with Gasteiger partial charge >= 0.3 is 0 Å². The van der Waals surface area contributed by atoms with Crippen molar-refractivity contribution >= 4 is 22.7 Å². The van der Waals surface area contributed by atoms with Gasteiger partial charge in [-0.25, -0.2) is 0 Å². The molecule has 2 N–H and O–H groups in total. The van der Waals surface area contributed by atoms with Gasteiger partial charge in [-0.15, -0.1) is 0 Å². The minimum absolute atomic E-state index is 0.0677. The number of nitrogens with two attached hydrogens (primary N) is 1. The summed E-state index contributed by atoms with van der Waals surface area (Å²) in [5.41, 5.74) is 6.90. The van der Waals surface area contributed by atoms with Crippen LogP contribution in [-0.4, -0.2) is 22.5 Å². The summed E-state index contributed by atoms with van der Waals surface area (Å²) in [6.45, 7) is 3.88. The van der Waals surface area contributed by atoms with Crippen LogP contribution in [-0.2, 0) is 0 Å². The first-order valence-corrected chi connectivity index (χ1v) is 7.68. The summed E-state index contributed by atoms with van der Waals surface area (Å²) in [4.78, 5) is 24.4. The standard InChI is InChI=1S/C19H18N2O3/c1-12(2)24-14-9-7-13(8-10-14)19(23)21-11-16(18(20)22)15-5-3-4-6-17(15)21/h3-12H,1-2H3,(H2,20,22). The van der Waals surface area contributed by atoms with Crippen molar-refractivity contribution in [3.63, 3.8) is 0 Å². The highest BCUT2D eigenvalue weighted by molar-refractivity contribution is 6.11. The molecule has 3 rings (SSSR count). The summed E-state index contributed by atoms with van der Waals surface area (Å²) < 4.78 is 7.03. The number of rotatable bonds is 4. The van der Waals surface area contributed by atoms with E-state index in [2.05, 4.69) is 0 Å². The summed E-state index contributed by atoms with van der Waals surface area (Å²) >= 11 is 0. The second kappa shape index (κ2) is 6.20. The van der Waals surface area contributed by atoms with Gasteiger partial charge in [0.25, 0.3) is 11.8 Å². The Morgan fingerprint density at radius 3 is 2.33 bits per heavy atom. The van der Waals surface area contributed by atoms with Gasteiger partial charge in [-0.1, -0.05) is 18.2 Å². The lowest BCUT2D eigenvalue weighted by Gasteiger charge is -2.10. The Morgan fingerprint density at radius 2 is 1.71 bits per heavy atom. The van der Waals surface area contributed by atoms with Gasteiger partial charge in [0, 0.05) is 17.1 Å². The van der Waals surface area contributed by atoms with Gasteiger partial charge in [-0.05, 0) is 44.2 Å². The van der Waals surface area contributed by atoms with Crippen LogP contribution in [0.15, 0.2) is 54.7 Å². The molecule has 2 aromatic carbocycles. The van der Waals surface area contributed by atoms with Crippen LogP contribution in [0, 0.1) is 0 Å². The fourth-order valence-corrected chi connectivity index (χ4v) is 2.63. The third-order valence-corrected chi connectivity index (χ3v) is 3.67. The molecule has 0 aliphatic carbocycles. The Morgan fingerprint density at radius 1 is 1.04 bits per heavy atom. The molecule has 0 atom stereocenters. The van der Waals surface area contributed by atoms with Crippen molar-refractivity contribution in [2.75, 3.05) is 0 Å². The molecular formula is C19H18N2O3. The molecule has 5 heteroatoms. The molecule has 0 spiro atoms. The van der Waals surface area contributed by atoms with Crippen molar-refractivity contribution in [1.82, 2.24) is 4.57 Å². The summed E-state index contributed by atoms with van der Waals surface area (Å²) in [6, 6.07) is 14.1. The maximum absolute atomic E-state index is 12.8. The van der Waals surface area contributed by atoms with Gasteiger partial charge < -0.3 is 10.5 Å². The van der Waals surface area contributed by atoms with Gasteiger partial charge in [-0.3, -0.25) is 14.2 Å². The second-order valence-electron chi connectivity index (χ2n) is 5.79. The molecule has 5 nitrogen and oxygen atoms in total. The lowest BCUT2D eigenvalue weighted by Crippen LogP contribution is -2.13. The van der Waals surface area contributed by atoms with Crippen LogP contribution in [0.4, 0.5) is 0 Å². The van der Waals surface area contributed by atoms with E-state index in [1.54, 1.807) is 36.4 Å². The number of aromatic nitrogens is 1. The van der Waals surface area contributed by atoms with Crippen LogP contribution in [0.2, 0.25) is 0 Å². The summed E-state index contributed by atoms with van der Waals surface area (Å²) in [6.07, 6.45) is 1.56. The predicted octanol–water partition coefficient (Wildman–Crippen LogP) is 3.22. The molecule has 0 aliphatic heterocycles. The first kappa shape index (κ1) is 15.8. The number of ether oxygens (including phenoxy) is 1. The number of carbonyl (C=O) groups is 2. The maximum atomic E-state index is 12.8. The van der Waals surface area contributed by atoms with Crippen LogP contribution in [0.25, 0.3) is 10.9 Å². The Labute approximate surface area is 139 Å². The van der Waals surface area contributed by atoms with Crippen LogP contribution < -0.4 is 10.5 Å². The minimum Gasteiger partial charge on any atom is -0.491 e. The fourth-order valence-electron chi connectivity index (χ4n) is 2.63.